The lowest BCUT2D eigenvalue weighted by Gasteiger charge is -2.17. The highest BCUT2D eigenvalue weighted by atomic mass is 31.2. The van der Waals surface area contributed by atoms with Gasteiger partial charge < -0.3 is 18.4 Å². The molecule has 0 radical (unpaired) electrons. The molecule has 0 unspecified atom stereocenters. The van der Waals surface area contributed by atoms with Crippen molar-refractivity contribution >= 4 is 29.4 Å². The molecule has 0 bridgehead atoms. The molecule has 0 saturated carbocycles. The number of nitrogens with zero attached hydrogens (tertiary/aromatic N) is 1. The molecule has 0 aliphatic heterocycles. The molecule has 0 atom stereocenters. The summed E-state index contributed by atoms with van der Waals surface area (Å²) in [5.74, 6) is 0.300. The first kappa shape index (κ1) is 18.0. The fourth-order valence-electron chi connectivity index (χ4n) is 3.94. The van der Waals surface area contributed by atoms with Crippen LogP contribution in [0.3, 0.4) is 0 Å². The van der Waals surface area contributed by atoms with Crippen molar-refractivity contribution in [1.82, 2.24) is 4.57 Å². The van der Waals surface area contributed by atoms with Gasteiger partial charge in [0.25, 0.3) is 0 Å². The molecular weight excluding hydrogens is 409 g/mol. The molecule has 0 N–H and O–H groups in total. The second-order valence-electron chi connectivity index (χ2n) is 7.31. The van der Waals surface area contributed by atoms with Gasteiger partial charge in [-0.05, 0) is 43.2 Å². The summed E-state index contributed by atoms with van der Waals surface area (Å²) in [6.45, 7) is 4.84. The summed E-state index contributed by atoms with van der Waals surface area (Å²) >= 11 is 0. The molecule has 4 aromatic rings. The van der Waals surface area contributed by atoms with Crippen LogP contribution in [-0.2, 0) is 26.3 Å². The van der Waals surface area contributed by atoms with Crippen molar-refractivity contribution in [2.24, 2.45) is 0 Å². The quantitative estimate of drug-likeness (QED) is 0.275. The van der Waals surface area contributed by atoms with Crippen molar-refractivity contribution in [3.8, 4) is 5.75 Å². The van der Waals surface area contributed by atoms with E-state index in [1.807, 2.05) is 42.5 Å². The van der Waals surface area contributed by atoms with Crippen LogP contribution in [0.1, 0.15) is 29.1 Å². The van der Waals surface area contributed by atoms with Gasteiger partial charge in [0.05, 0.1) is 36.0 Å². The van der Waals surface area contributed by atoms with Gasteiger partial charge in [0.1, 0.15) is 5.75 Å². The van der Waals surface area contributed by atoms with E-state index in [1.54, 1.807) is 26.0 Å². The van der Waals surface area contributed by atoms with Gasteiger partial charge in [0.2, 0.25) is 0 Å². The highest BCUT2D eigenvalue weighted by Crippen LogP contribution is 2.51. The Morgan fingerprint density at radius 3 is 2.26 bits per heavy atom. The standard InChI is InChI=1S/C25H28NO4P/c1-4-29-31(27,30-5-2)18-20-12-10-19(11-13-20)17-26-24-9-7-6-8-22(24)23-15-14-21(28-3)16-25(23)26/h6-16H,4-5,17-18H2,1-3H3/i3D3. The van der Waals surface area contributed by atoms with Crippen molar-refractivity contribution in [2.45, 2.75) is 26.6 Å². The van der Waals surface area contributed by atoms with E-state index in [2.05, 4.69) is 16.7 Å². The molecule has 0 amide bonds. The Hall–Kier alpha value is -2.59. The van der Waals surface area contributed by atoms with Gasteiger partial charge in [0.15, 0.2) is 0 Å². The third-order valence-corrected chi connectivity index (χ3v) is 7.31. The summed E-state index contributed by atoms with van der Waals surface area (Å²) in [4.78, 5) is 0. The minimum Gasteiger partial charge on any atom is -0.497 e. The summed E-state index contributed by atoms with van der Waals surface area (Å²) in [5, 5.41) is 2.11. The molecule has 162 valence electrons. The lowest BCUT2D eigenvalue weighted by molar-refractivity contribution is 0.219. The van der Waals surface area contributed by atoms with E-state index >= 15 is 0 Å². The fraction of sp³-hybridized carbons (Fsp3) is 0.280. The van der Waals surface area contributed by atoms with Crippen molar-refractivity contribution < 1.29 is 22.5 Å². The third kappa shape index (κ3) is 4.54. The smallest absolute Gasteiger partial charge is 0.335 e. The second kappa shape index (κ2) is 9.27. The second-order valence-corrected chi connectivity index (χ2v) is 9.36. The molecule has 31 heavy (non-hydrogen) atoms. The highest BCUT2D eigenvalue weighted by Gasteiger charge is 2.24. The molecule has 0 aliphatic carbocycles. The van der Waals surface area contributed by atoms with E-state index in [0.29, 0.717) is 25.5 Å². The fourth-order valence-corrected chi connectivity index (χ4v) is 5.64. The maximum Gasteiger partial charge on any atom is 0.335 e. The Morgan fingerprint density at radius 1 is 0.871 bits per heavy atom. The first-order chi connectivity index (χ1) is 16.2. The van der Waals surface area contributed by atoms with Crippen LogP contribution in [0.25, 0.3) is 21.8 Å². The zero-order valence-electron chi connectivity index (χ0n) is 20.7. The number of hydrogen-bond donors (Lipinski definition) is 0. The van der Waals surface area contributed by atoms with E-state index in [9.17, 15) is 4.57 Å². The number of benzene rings is 3. The van der Waals surface area contributed by atoms with Crippen LogP contribution in [0, 0.1) is 0 Å². The molecule has 0 saturated heterocycles. The highest BCUT2D eigenvalue weighted by molar-refractivity contribution is 7.53. The summed E-state index contributed by atoms with van der Waals surface area (Å²) in [5.41, 5.74) is 3.87. The number of ether oxygens (including phenoxy) is 1. The molecule has 6 heteroatoms. The Balaban J connectivity index is 1.67. The molecule has 1 aromatic heterocycles. The number of fused-ring (bicyclic) bond motifs is 3. The third-order valence-electron chi connectivity index (χ3n) is 5.25. The maximum atomic E-state index is 12.8. The average molecular weight is 440 g/mol. The minimum atomic E-state index is -3.17. The van der Waals surface area contributed by atoms with Gasteiger partial charge in [0, 0.05) is 28.9 Å². The van der Waals surface area contributed by atoms with Gasteiger partial charge in [-0.15, -0.1) is 0 Å². The van der Waals surface area contributed by atoms with Crippen molar-refractivity contribution in [3.63, 3.8) is 0 Å². The van der Waals surface area contributed by atoms with Crippen LogP contribution >= 0.6 is 7.60 Å². The van der Waals surface area contributed by atoms with Gasteiger partial charge in [-0.2, -0.15) is 0 Å². The molecule has 3 aromatic carbocycles. The first-order valence-corrected chi connectivity index (χ1v) is 12.1. The summed E-state index contributed by atoms with van der Waals surface area (Å²) in [6.07, 6.45) is 0.222. The average Bonchev–Trinajstić information content (AvgIpc) is 3.07. The summed E-state index contributed by atoms with van der Waals surface area (Å²) in [7, 11) is -5.68. The van der Waals surface area contributed by atoms with Crippen LogP contribution in [0.5, 0.6) is 5.75 Å². The van der Waals surface area contributed by atoms with E-state index < -0.39 is 14.6 Å². The van der Waals surface area contributed by atoms with E-state index in [4.69, 9.17) is 17.9 Å². The lowest BCUT2D eigenvalue weighted by Crippen LogP contribution is -2.01. The minimum absolute atomic E-state index is 0.222. The van der Waals surface area contributed by atoms with Crippen LogP contribution in [0.4, 0.5) is 0 Å². The lowest BCUT2D eigenvalue weighted by atomic mass is 10.1. The molecule has 5 nitrogen and oxygen atoms in total. The van der Waals surface area contributed by atoms with Gasteiger partial charge in [-0.1, -0.05) is 42.5 Å². The SMILES string of the molecule is [2H]C([2H])([2H])Oc1ccc2c3ccccc3n(Cc3ccc(CP(=O)(OCC)OCC)cc3)c2c1. The molecule has 4 rings (SSSR count). The topological polar surface area (TPSA) is 49.7 Å². The molecule has 1 heterocycles. The Labute approximate surface area is 187 Å². The van der Waals surface area contributed by atoms with Gasteiger partial charge in [-0.25, -0.2) is 0 Å². The molecule has 0 fully saturated rings. The maximum absolute atomic E-state index is 12.8. The molecular formula is C25H28NO4P. The van der Waals surface area contributed by atoms with E-state index in [0.717, 1.165) is 32.9 Å². The summed E-state index contributed by atoms with van der Waals surface area (Å²) < 4.78 is 53.2. The van der Waals surface area contributed by atoms with E-state index in [1.165, 1.54) is 0 Å². The van der Waals surface area contributed by atoms with Gasteiger partial charge in [-0.3, -0.25) is 4.57 Å². The van der Waals surface area contributed by atoms with Crippen LogP contribution in [0.15, 0.2) is 66.7 Å². The van der Waals surface area contributed by atoms with Crippen LogP contribution in [0.2, 0.25) is 0 Å². The zero-order valence-corrected chi connectivity index (χ0v) is 18.6. The Morgan fingerprint density at radius 2 is 1.55 bits per heavy atom. The van der Waals surface area contributed by atoms with Crippen molar-refractivity contribution in [3.05, 3.63) is 77.9 Å². The number of aromatic nitrogens is 1. The van der Waals surface area contributed by atoms with Crippen molar-refractivity contribution in [2.75, 3.05) is 20.3 Å². The summed E-state index contributed by atoms with van der Waals surface area (Å²) in [6, 6.07) is 21.3. The predicted octanol–water partition coefficient (Wildman–Crippen LogP) is 6.62. The number of hydrogen-bond acceptors (Lipinski definition) is 4. The zero-order chi connectivity index (χ0) is 24.3. The van der Waals surface area contributed by atoms with Crippen molar-refractivity contribution in [1.29, 1.82) is 0 Å². The number of rotatable bonds is 9. The predicted molar refractivity (Wildman–Crippen MR) is 126 cm³/mol. The van der Waals surface area contributed by atoms with Crippen LogP contribution < -0.4 is 4.74 Å². The van der Waals surface area contributed by atoms with Crippen LogP contribution in [-0.4, -0.2) is 24.8 Å². The Kier molecular flexibility index (Phi) is 5.39. The Bertz CT molecular complexity index is 1320. The normalized spacial score (nSPS) is 13.8. The van der Waals surface area contributed by atoms with Gasteiger partial charge >= 0.3 is 7.60 Å². The molecule has 0 aliphatic rings. The number of para-hydroxylation sites is 1. The first-order valence-electron chi connectivity index (χ1n) is 11.9. The monoisotopic (exact) mass is 440 g/mol. The van der Waals surface area contributed by atoms with E-state index in [-0.39, 0.29) is 6.16 Å². The largest absolute Gasteiger partial charge is 0.497 e. The molecule has 0 spiro atoms. The number of methoxy groups -OCH3 is 1.